The normalized spacial score (nSPS) is 16.8. The number of hydrogen-bond acceptors (Lipinski definition) is 16. The number of carbonyl (C=O) groups is 2. The third kappa shape index (κ3) is 19.0. The molecule has 2 aliphatic heterocycles. The number of aliphatic hydroxyl groups excluding tert-OH is 2. The standard InChI is InChI=1S/C54H74Cl2N6O14S2/c1-37-27-43-45(33-61(3)35-47(43)49(55)29-37)39-7-5-9-41(31-39)77(67,68)59-13-17-73-21-25-75-23-19-71-15-11-57-53(65)51(63)52(64)54(66)58-12-16-72-20-24-76-26-22-74-18-14-60-78(69,70)42-10-6-8-40(32-42)46-34-62(4)36-48-44(46)28-38(2)30-50(48)56/h5-10,27-32,45-46,51-52,59-60,63-64H,11-26,33-36H2,1-4H3,(H,57,65)(H,58,66)/t45-,46-,51-,52-/m1/s1. The number of hydrogen-bond donors (Lipinski definition) is 6. The minimum atomic E-state index is -3.79. The first kappa shape index (κ1) is 63.0. The second-order valence-corrected chi connectivity index (χ2v) is 23.6. The van der Waals surface area contributed by atoms with Crippen molar-refractivity contribution in [3.63, 3.8) is 0 Å². The first-order valence-corrected chi connectivity index (χ1v) is 29.6. The fourth-order valence-corrected chi connectivity index (χ4v) is 12.0. The Labute approximate surface area is 468 Å². The number of halogens is 2. The quantitative estimate of drug-likeness (QED) is 0.0375. The summed E-state index contributed by atoms with van der Waals surface area (Å²) in [5.74, 6) is -1.97. The Balaban J connectivity index is 0.717. The first-order chi connectivity index (χ1) is 37.3. The maximum Gasteiger partial charge on any atom is 0.252 e. The fourth-order valence-electron chi connectivity index (χ4n) is 9.14. The SMILES string of the molecule is Cc1cc(Cl)c2c(c1)[C@@H](c1cccc(S(=O)(=O)NCCOCCOCCOCCNC(=O)[C@H](O)[C@@H](O)C(=O)NCCOCCOCCOCCNS(=O)(=O)c3cccc([C@H]4CN(C)Cc5c(Cl)cc(C)cc54)c3)c1)CN(C)C2. The molecule has 0 bridgehead atoms. The van der Waals surface area contributed by atoms with Gasteiger partial charge in [-0.2, -0.15) is 0 Å². The lowest BCUT2D eigenvalue weighted by atomic mass is 9.84. The number of ether oxygens (including phenoxy) is 6. The van der Waals surface area contributed by atoms with Gasteiger partial charge in [-0.1, -0.05) is 59.6 Å². The van der Waals surface area contributed by atoms with Crippen molar-refractivity contribution in [2.45, 2.75) is 60.8 Å². The minimum Gasteiger partial charge on any atom is -0.380 e. The van der Waals surface area contributed by atoms with Crippen LogP contribution in [-0.4, -0.2) is 194 Å². The molecule has 0 unspecified atom stereocenters. The monoisotopic (exact) mass is 1160 g/mol. The van der Waals surface area contributed by atoms with Gasteiger partial charge < -0.3 is 59.1 Å². The van der Waals surface area contributed by atoms with Gasteiger partial charge in [-0.25, -0.2) is 26.3 Å². The number of benzene rings is 4. The van der Waals surface area contributed by atoms with Gasteiger partial charge in [-0.15, -0.1) is 0 Å². The number of nitrogens with zero attached hydrogens (tertiary/aromatic N) is 2. The lowest BCUT2D eigenvalue weighted by molar-refractivity contribution is -0.146. The minimum absolute atomic E-state index is 0.000549. The number of likely N-dealkylation sites (N-methyl/N-ethyl adjacent to an activating group) is 2. The van der Waals surface area contributed by atoms with Crippen LogP contribution in [0, 0.1) is 13.8 Å². The molecule has 6 N–H and O–H groups in total. The van der Waals surface area contributed by atoms with Crippen molar-refractivity contribution in [3.8, 4) is 0 Å². The van der Waals surface area contributed by atoms with Gasteiger partial charge >= 0.3 is 0 Å². The van der Waals surface area contributed by atoms with Crippen molar-refractivity contribution in [2.24, 2.45) is 0 Å². The third-order valence-corrected chi connectivity index (χ3v) is 16.6. The highest BCUT2D eigenvalue weighted by atomic mass is 35.5. The summed E-state index contributed by atoms with van der Waals surface area (Å²) in [5.41, 5.74) is 8.24. The maximum absolute atomic E-state index is 13.2. The second-order valence-electron chi connectivity index (χ2n) is 19.2. The van der Waals surface area contributed by atoms with Crippen LogP contribution in [0.2, 0.25) is 10.0 Å². The Morgan fingerprint density at radius 1 is 0.538 bits per heavy atom. The molecule has 0 aromatic heterocycles. The summed E-state index contributed by atoms with van der Waals surface area (Å²) in [6, 6.07) is 22.1. The van der Waals surface area contributed by atoms with Crippen molar-refractivity contribution in [1.29, 1.82) is 0 Å². The van der Waals surface area contributed by atoms with E-state index in [1.165, 1.54) is 0 Å². The van der Waals surface area contributed by atoms with Crippen molar-refractivity contribution in [1.82, 2.24) is 29.9 Å². The molecule has 2 amide bonds. The van der Waals surface area contributed by atoms with Crippen LogP contribution >= 0.6 is 23.2 Å². The summed E-state index contributed by atoms with van der Waals surface area (Å²) in [6.45, 7) is 9.23. The van der Waals surface area contributed by atoms with Gasteiger partial charge in [0, 0.05) is 74.2 Å². The summed E-state index contributed by atoms with van der Waals surface area (Å²) in [5, 5.41) is 26.6. The van der Waals surface area contributed by atoms with Crippen molar-refractivity contribution in [3.05, 3.63) is 127 Å². The topological polar surface area (TPSA) is 253 Å². The van der Waals surface area contributed by atoms with E-state index in [1.807, 2.05) is 52.2 Å². The van der Waals surface area contributed by atoms with Gasteiger partial charge in [-0.05, 0) is 109 Å². The predicted octanol–water partition coefficient (Wildman–Crippen LogP) is 3.08. The Kier molecular flexibility index (Phi) is 25.2. The Hall–Kier alpha value is -4.18. The molecule has 0 spiro atoms. The Morgan fingerprint density at radius 3 is 1.23 bits per heavy atom. The summed E-state index contributed by atoms with van der Waals surface area (Å²) < 4.78 is 90.6. The molecule has 0 saturated heterocycles. The van der Waals surface area contributed by atoms with Crippen LogP contribution in [0.4, 0.5) is 0 Å². The Morgan fingerprint density at radius 2 is 0.872 bits per heavy atom. The number of nitrogens with one attached hydrogen (secondary N) is 4. The van der Waals surface area contributed by atoms with Crippen LogP contribution in [0.1, 0.15) is 56.3 Å². The van der Waals surface area contributed by atoms with E-state index >= 15 is 0 Å². The number of amides is 2. The van der Waals surface area contributed by atoms with Gasteiger partial charge in [0.1, 0.15) is 0 Å². The second kappa shape index (κ2) is 31.1. The van der Waals surface area contributed by atoms with E-state index < -0.39 is 44.1 Å². The average Bonchev–Trinajstić information content (AvgIpc) is 3.55. The third-order valence-electron chi connectivity index (χ3n) is 13.0. The van der Waals surface area contributed by atoms with E-state index in [0.29, 0.717) is 10.0 Å². The van der Waals surface area contributed by atoms with E-state index in [1.54, 1.807) is 36.4 Å². The molecule has 0 fully saturated rings. The van der Waals surface area contributed by atoms with Crippen molar-refractivity contribution < 1.29 is 65.1 Å². The van der Waals surface area contributed by atoms with Crippen LogP contribution in [0.25, 0.3) is 0 Å². The van der Waals surface area contributed by atoms with Crippen LogP contribution in [-0.2, 0) is 71.1 Å². The van der Waals surface area contributed by atoms with E-state index in [4.69, 9.17) is 51.6 Å². The largest absolute Gasteiger partial charge is 0.380 e. The highest BCUT2D eigenvalue weighted by Crippen LogP contribution is 2.39. The highest BCUT2D eigenvalue weighted by Gasteiger charge is 2.31. The predicted molar refractivity (Wildman–Crippen MR) is 295 cm³/mol. The molecule has 20 nitrogen and oxygen atoms in total. The molecule has 78 heavy (non-hydrogen) atoms. The molecule has 0 saturated carbocycles. The number of rotatable bonds is 33. The molecule has 0 radical (unpaired) electrons. The number of carbonyl (C=O) groups excluding carboxylic acids is 2. The molecule has 2 aliphatic rings. The number of fused-ring (bicyclic) bond motifs is 2. The van der Waals surface area contributed by atoms with E-state index in [2.05, 4.69) is 42.0 Å². The molecule has 4 aromatic rings. The zero-order valence-electron chi connectivity index (χ0n) is 44.6. The molecule has 2 heterocycles. The van der Waals surface area contributed by atoms with Crippen molar-refractivity contribution in [2.75, 3.05) is 133 Å². The summed E-state index contributed by atoms with van der Waals surface area (Å²) in [4.78, 5) is 29.3. The van der Waals surface area contributed by atoms with Crippen LogP contribution < -0.4 is 20.1 Å². The van der Waals surface area contributed by atoms with Crippen LogP contribution in [0.3, 0.4) is 0 Å². The van der Waals surface area contributed by atoms with Gasteiger partial charge in [0.05, 0.1) is 89.1 Å². The molecule has 6 rings (SSSR count). The van der Waals surface area contributed by atoms with Crippen LogP contribution in [0.5, 0.6) is 0 Å². The fraction of sp³-hybridized carbons (Fsp3) is 0.519. The molecule has 24 heteroatoms. The van der Waals surface area contributed by atoms with Gasteiger partial charge in [-0.3, -0.25) is 9.59 Å². The lowest BCUT2D eigenvalue weighted by Gasteiger charge is -2.33. The number of aliphatic hydroxyl groups is 2. The molecular weight excluding hydrogens is 1090 g/mol. The zero-order valence-corrected chi connectivity index (χ0v) is 47.8. The van der Waals surface area contributed by atoms with Crippen LogP contribution in [0.15, 0.2) is 82.6 Å². The molecule has 4 atom stereocenters. The summed E-state index contributed by atoms with van der Waals surface area (Å²) in [7, 11) is -3.54. The van der Waals surface area contributed by atoms with Crippen molar-refractivity contribution >= 4 is 55.1 Å². The zero-order chi connectivity index (χ0) is 56.2. The van der Waals surface area contributed by atoms with E-state index in [0.717, 1.165) is 70.7 Å². The first-order valence-electron chi connectivity index (χ1n) is 25.9. The number of aryl methyl sites for hydroxylation is 2. The van der Waals surface area contributed by atoms with Gasteiger partial charge in [0.15, 0.2) is 12.2 Å². The van der Waals surface area contributed by atoms with Gasteiger partial charge in [0.2, 0.25) is 20.0 Å². The molecular formula is C54H74Cl2N6O14S2. The smallest absolute Gasteiger partial charge is 0.252 e. The summed E-state index contributed by atoms with van der Waals surface area (Å²) in [6.07, 6.45) is -4.03. The Bertz CT molecular complexity index is 2640. The van der Waals surface area contributed by atoms with Gasteiger partial charge in [0.25, 0.3) is 11.8 Å². The summed E-state index contributed by atoms with van der Waals surface area (Å²) >= 11 is 13.2. The highest BCUT2D eigenvalue weighted by molar-refractivity contribution is 7.89. The number of sulfonamides is 2. The van der Waals surface area contributed by atoms with E-state index in [9.17, 15) is 36.6 Å². The molecule has 430 valence electrons. The molecule has 4 aromatic carbocycles. The maximum atomic E-state index is 13.2. The molecule has 0 aliphatic carbocycles. The van der Waals surface area contributed by atoms with E-state index in [-0.39, 0.29) is 127 Å². The average molecular weight is 1170 g/mol. The lowest BCUT2D eigenvalue weighted by Crippen LogP contribution is -2.50.